The van der Waals surface area contributed by atoms with Crippen LogP contribution >= 0.6 is 0 Å². The van der Waals surface area contributed by atoms with Crippen LogP contribution in [-0.4, -0.2) is 72.3 Å². The van der Waals surface area contributed by atoms with Crippen molar-refractivity contribution in [1.29, 1.82) is 0 Å². The van der Waals surface area contributed by atoms with Crippen LogP contribution in [0.4, 0.5) is 20.2 Å². The van der Waals surface area contributed by atoms with Crippen molar-refractivity contribution < 1.29 is 50.0 Å². The molecule has 0 unspecified atom stereocenters. The standard InChI is InChI=1S/C38H48N6O11S2/c1-23(2)56(48,49)27-18-16-26(17-19-27)29-22-39-32(44(34(46)53-37(6,7)8)35(47)54-38(9,10)11)31(41-29)30-20-28(42-55-30)25-14-12-24(13-15-25)21-40-57(50,51)43-33(45)52-36(3,4)5/h12,14-23,40H,13H2,1-11H3,(H,43,45). The monoisotopic (exact) mass is 828 g/mol. The summed E-state index contributed by atoms with van der Waals surface area (Å²) in [4.78, 5) is 49.2. The normalized spacial score (nSPS) is 14.5. The first-order valence-corrected chi connectivity index (χ1v) is 20.7. The van der Waals surface area contributed by atoms with Gasteiger partial charge in [0.15, 0.2) is 27.1 Å². The van der Waals surface area contributed by atoms with Gasteiger partial charge in [0, 0.05) is 23.4 Å². The van der Waals surface area contributed by atoms with Gasteiger partial charge in [-0.05, 0) is 100 Å². The average Bonchev–Trinajstić information content (AvgIpc) is 3.55. The molecule has 0 bridgehead atoms. The van der Waals surface area contributed by atoms with Crippen LogP contribution in [0.1, 0.15) is 88.3 Å². The van der Waals surface area contributed by atoms with E-state index >= 15 is 0 Å². The summed E-state index contributed by atoms with van der Waals surface area (Å²) in [5.41, 5.74) is -0.920. The predicted octanol–water partition coefficient (Wildman–Crippen LogP) is 7.24. The molecule has 0 saturated heterocycles. The number of nitrogens with one attached hydrogen (secondary N) is 2. The Labute approximate surface area is 332 Å². The fourth-order valence-corrected chi connectivity index (χ4v) is 6.46. The van der Waals surface area contributed by atoms with Crippen molar-refractivity contribution in [2.45, 2.75) is 110 Å². The molecule has 0 fully saturated rings. The Hall–Kier alpha value is -5.56. The molecule has 4 rings (SSSR count). The lowest BCUT2D eigenvalue weighted by atomic mass is 10.0. The number of imide groups is 1. The van der Waals surface area contributed by atoms with Crippen molar-refractivity contribution in [3.05, 3.63) is 72.2 Å². The van der Waals surface area contributed by atoms with Crippen molar-refractivity contribution in [1.82, 2.24) is 24.6 Å². The molecule has 0 spiro atoms. The average molecular weight is 829 g/mol. The Kier molecular flexibility index (Phi) is 12.8. The highest BCUT2D eigenvalue weighted by Crippen LogP contribution is 2.35. The highest BCUT2D eigenvalue weighted by molar-refractivity contribution is 7.92. The minimum atomic E-state index is -4.27. The highest BCUT2D eigenvalue weighted by Gasteiger charge is 2.37. The van der Waals surface area contributed by atoms with Gasteiger partial charge in [-0.1, -0.05) is 35.5 Å². The van der Waals surface area contributed by atoms with Crippen molar-refractivity contribution in [2.24, 2.45) is 0 Å². The van der Waals surface area contributed by atoms with Gasteiger partial charge >= 0.3 is 28.5 Å². The van der Waals surface area contributed by atoms with E-state index in [4.69, 9.17) is 23.7 Å². The lowest BCUT2D eigenvalue weighted by molar-refractivity contribution is 0.0427. The summed E-state index contributed by atoms with van der Waals surface area (Å²) < 4.78 is 76.1. The third kappa shape index (κ3) is 12.2. The molecule has 3 aromatic rings. The first-order valence-electron chi connectivity index (χ1n) is 17.7. The van der Waals surface area contributed by atoms with Gasteiger partial charge in [0.2, 0.25) is 0 Å². The Bertz CT molecular complexity index is 2300. The predicted molar refractivity (Wildman–Crippen MR) is 211 cm³/mol. The first-order chi connectivity index (χ1) is 26.1. The quantitative estimate of drug-likeness (QED) is 0.203. The van der Waals surface area contributed by atoms with Crippen LogP contribution in [0.3, 0.4) is 0 Å². The second-order valence-electron chi connectivity index (χ2n) is 16.1. The number of nitrogens with zero attached hydrogens (tertiary/aromatic N) is 4. The molecule has 1 aliphatic carbocycles. The molecule has 1 aromatic carbocycles. The van der Waals surface area contributed by atoms with E-state index < -0.39 is 60.4 Å². The van der Waals surface area contributed by atoms with E-state index in [0.717, 1.165) is 0 Å². The maximum absolute atomic E-state index is 13.7. The van der Waals surface area contributed by atoms with Crippen molar-refractivity contribution in [3.8, 4) is 22.7 Å². The summed E-state index contributed by atoms with van der Waals surface area (Å²) >= 11 is 0. The fourth-order valence-electron chi connectivity index (χ4n) is 4.77. The number of anilines is 1. The molecule has 0 aliphatic heterocycles. The molecule has 0 atom stereocenters. The molecule has 3 amide bonds. The Morgan fingerprint density at radius 1 is 0.842 bits per heavy atom. The van der Waals surface area contributed by atoms with Crippen LogP contribution in [0.5, 0.6) is 0 Å². The largest absolute Gasteiger partial charge is 0.443 e. The molecular formula is C38H48N6O11S2. The number of benzene rings is 1. The lowest BCUT2D eigenvalue weighted by Gasteiger charge is -2.28. The van der Waals surface area contributed by atoms with Crippen LogP contribution < -0.4 is 14.3 Å². The van der Waals surface area contributed by atoms with Crippen LogP contribution in [-0.2, 0) is 34.3 Å². The minimum absolute atomic E-state index is 0.0120. The van der Waals surface area contributed by atoms with Crippen LogP contribution in [0, 0.1) is 0 Å². The topological polar surface area (TPSA) is 226 Å². The summed E-state index contributed by atoms with van der Waals surface area (Å²) in [6.45, 7) is 17.7. The van der Waals surface area contributed by atoms with Crippen molar-refractivity contribution in [3.63, 3.8) is 0 Å². The summed E-state index contributed by atoms with van der Waals surface area (Å²) in [7, 11) is -7.83. The molecule has 57 heavy (non-hydrogen) atoms. The number of carbonyl (C=O) groups is 3. The third-order valence-corrected chi connectivity index (χ3v) is 10.3. The van der Waals surface area contributed by atoms with E-state index in [9.17, 15) is 31.2 Å². The van der Waals surface area contributed by atoms with Gasteiger partial charge in [-0.15, -0.1) is 0 Å². The zero-order chi connectivity index (χ0) is 42.7. The third-order valence-electron chi connectivity index (χ3n) is 7.31. The number of hydrogen-bond donors (Lipinski definition) is 2. The number of rotatable bonds is 9. The molecule has 19 heteroatoms. The van der Waals surface area contributed by atoms with Gasteiger partial charge < -0.3 is 18.7 Å². The molecule has 1 aliphatic rings. The first kappa shape index (κ1) is 44.2. The molecular weight excluding hydrogens is 781 g/mol. The summed E-state index contributed by atoms with van der Waals surface area (Å²) in [5.74, 6) is -0.309. The number of allylic oxidation sites excluding steroid dienone is 5. The van der Waals surface area contributed by atoms with Crippen molar-refractivity contribution >= 4 is 49.7 Å². The molecule has 2 aromatic heterocycles. The fraction of sp³-hybridized carbons (Fsp3) is 0.421. The SMILES string of the molecule is CC(C)S(=O)(=O)c1ccc(-c2cnc(N(C(=O)OC(C)(C)C)C(=O)OC(C)(C)C)c(-c3cc(C4=CCC(=CNS(=O)(=O)NC(=O)OC(C)(C)C)C=C4)no3)n2)cc1. The Morgan fingerprint density at radius 2 is 1.42 bits per heavy atom. The summed E-state index contributed by atoms with van der Waals surface area (Å²) in [6, 6.07) is 7.53. The number of amides is 3. The van der Waals surface area contributed by atoms with Gasteiger partial charge in [0.25, 0.3) is 0 Å². The van der Waals surface area contributed by atoms with Crippen LogP contribution in [0.15, 0.2) is 75.9 Å². The molecule has 2 N–H and O–H groups in total. The Balaban J connectivity index is 1.73. The second-order valence-corrected chi connectivity index (χ2v) is 20.0. The molecule has 308 valence electrons. The van der Waals surface area contributed by atoms with Gasteiger partial charge in [-0.2, -0.15) is 13.3 Å². The van der Waals surface area contributed by atoms with E-state index in [1.165, 1.54) is 30.6 Å². The van der Waals surface area contributed by atoms with E-state index in [0.29, 0.717) is 27.3 Å². The van der Waals surface area contributed by atoms with Crippen molar-refractivity contribution in [2.75, 3.05) is 4.90 Å². The Morgan fingerprint density at radius 3 is 1.93 bits per heavy atom. The van der Waals surface area contributed by atoms with Gasteiger partial charge in [-0.25, -0.2) is 37.5 Å². The van der Waals surface area contributed by atoms with Gasteiger partial charge in [-0.3, -0.25) is 4.72 Å². The molecule has 0 radical (unpaired) electrons. The maximum atomic E-state index is 13.7. The number of hydrogen-bond acceptors (Lipinski definition) is 14. The second kappa shape index (κ2) is 16.5. The zero-order valence-electron chi connectivity index (χ0n) is 33.7. The summed E-state index contributed by atoms with van der Waals surface area (Å²) in [6.07, 6.45) is 4.45. The van der Waals surface area contributed by atoms with E-state index in [1.807, 2.05) is 0 Å². The van der Waals surface area contributed by atoms with Crippen LogP contribution in [0.2, 0.25) is 0 Å². The van der Waals surface area contributed by atoms with E-state index in [-0.39, 0.29) is 34.3 Å². The number of aromatic nitrogens is 3. The smallest absolute Gasteiger partial charge is 0.425 e. The van der Waals surface area contributed by atoms with Gasteiger partial charge in [0.1, 0.15) is 22.5 Å². The van der Waals surface area contributed by atoms with E-state index in [1.54, 1.807) is 111 Å². The maximum Gasteiger partial charge on any atom is 0.425 e. The molecule has 2 heterocycles. The number of sulfone groups is 1. The van der Waals surface area contributed by atoms with Crippen LogP contribution in [0.25, 0.3) is 28.3 Å². The number of ether oxygens (including phenoxy) is 3. The van der Waals surface area contributed by atoms with Gasteiger partial charge in [0.05, 0.1) is 22.0 Å². The summed E-state index contributed by atoms with van der Waals surface area (Å²) in [5, 5.41) is 3.54. The zero-order valence-corrected chi connectivity index (χ0v) is 35.3. The number of carbonyl (C=O) groups excluding carboxylic acids is 3. The lowest BCUT2D eigenvalue weighted by Crippen LogP contribution is -2.44. The highest BCUT2D eigenvalue weighted by atomic mass is 32.2. The molecule has 17 nitrogen and oxygen atoms in total. The minimum Gasteiger partial charge on any atom is -0.443 e. The molecule has 0 saturated carbocycles. The van der Waals surface area contributed by atoms with E-state index in [2.05, 4.69) is 14.9 Å².